The van der Waals surface area contributed by atoms with Gasteiger partial charge in [0.25, 0.3) is 0 Å². The molecule has 0 radical (unpaired) electrons. The van der Waals surface area contributed by atoms with Crippen LogP contribution in [0.3, 0.4) is 0 Å². The molecule has 0 heterocycles. The standard InChI is InChI=1S/C18H23NO3/c1-3-14-9-10-18(2,13-20)16(11-14)19-17(21)22-12-15-7-5-4-6-8-15/h4-8,11,13,16H,3,9-10,12H2,1-2H3,(H,19,21)/t16-,18-/m0/s1. The van der Waals surface area contributed by atoms with E-state index in [-0.39, 0.29) is 12.6 Å². The molecule has 1 aliphatic rings. The first kappa shape index (κ1) is 16.3. The topological polar surface area (TPSA) is 55.4 Å². The number of alkyl carbamates (subject to hydrolysis) is 1. The van der Waals surface area contributed by atoms with Crippen LogP contribution in [0, 0.1) is 5.41 Å². The molecule has 118 valence electrons. The molecule has 0 aromatic heterocycles. The molecule has 2 atom stereocenters. The Morgan fingerprint density at radius 1 is 1.41 bits per heavy atom. The Hall–Kier alpha value is -2.10. The number of carbonyl (C=O) groups is 2. The fraction of sp³-hybridized carbons (Fsp3) is 0.444. The number of nitrogens with one attached hydrogen (secondary N) is 1. The van der Waals surface area contributed by atoms with Crippen LogP contribution in [0.2, 0.25) is 0 Å². The first-order chi connectivity index (χ1) is 10.6. The Labute approximate surface area is 131 Å². The van der Waals surface area contributed by atoms with E-state index in [2.05, 4.69) is 12.2 Å². The molecule has 0 unspecified atom stereocenters. The van der Waals surface area contributed by atoms with Gasteiger partial charge in [-0.2, -0.15) is 0 Å². The van der Waals surface area contributed by atoms with Crippen molar-refractivity contribution in [2.24, 2.45) is 5.41 Å². The van der Waals surface area contributed by atoms with E-state index in [1.54, 1.807) is 0 Å². The van der Waals surface area contributed by atoms with Gasteiger partial charge < -0.3 is 14.8 Å². The molecule has 0 bridgehead atoms. The second-order valence-corrected chi connectivity index (χ2v) is 5.99. The van der Waals surface area contributed by atoms with Crippen LogP contribution in [0.5, 0.6) is 0 Å². The zero-order valence-corrected chi connectivity index (χ0v) is 13.2. The molecule has 1 N–H and O–H groups in total. The average Bonchev–Trinajstić information content (AvgIpc) is 2.56. The van der Waals surface area contributed by atoms with E-state index in [1.165, 1.54) is 5.57 Å². The summed E-state index contributed by atoms with van der Waals surface area (Å²) in [4.78, 5) is 23.4. The largest absolute Gasteiger partial charge is 0.445 e. The van der Waals surface area contributed by atoms with E-state index in [1.807, 2.05) is 43.3 Å². The van der Waals surface area contributed by atoms with Crippen molar-refractivity contribution in [1.29, 1.82) is 0 Å². The van der Waals surface area contributed by atoms with Gasteiger partial charge in [-0.25, -0.2) is 4.79 Å². The number of allylic oxidation sites excluding steroid dienone is 1. The molecular weight excluding hydrogens is 278 g/mol. The fourth-order valence-corrected chi connectivity index (χ4v) is 2.62. The third-order valence-corrected chi connectivity index (χ3v) is 4.31. The molecule has 4 heteroatoms. The summed E-state index contributed by atoms with van der Waals surface area (Å²) >= 11 is 0. The normalized spacial score (nSPS) is 24.3. The number of hydrogen-bond acceptors (Lipinski definition) is 3. The summed E-state index contributed by atoms with van der Waals surface area (Å²) in [6.07, 6.45) is 5.05. The van der Waals surface area contributed by atoms with E-state index in [0.717, 1.165) is 31.1 Å². The number of benzene rings is 1. The lowest BCUT2D eigenvalue weighted by molar-refractivity contribution is -0.116. The predicted octanol–water partition coefficient (Wildman–Crippen LogP) is 3.62. The summed E-state index contributed by atoms with van der Waals surface area (Å²) in [5.41, 5.74) is 1.64. The maximum Gasteiger partial charge on any atom is 0.407 e. The molecule has 0 aliphatic heterocycles. The van der Waals surface area contributed by atoms with Gasteiger partial charge in [0.2, 0.25) is 0 Å². The SMILES string of the molecule is CCC1=C[C@H](NC(=O)OCc2ccccc2)[C@](C)(C=O)CC1. The summed E-state index contributed by atoms with van der Waals surface area (Å²) in [5.74, 6) is 0. The molecule has 4 nitrogen and oxygen atoms in total. The third kappa shape index (κ3) is 3.97. The van der Waals surface area contributed by atoms with Crippen LogP contribution in [-0.2, 0) is 16.1 Å². The minimum Gasteiger partial charge on any atom is -0.445 e. The highest BCUT2D eigenvalue weighted by atomic mass is 16.5. The number of aldehydes is 1. The minimum atomic E-state index is -0.565. The summed E-state index contributed by atoms with van der Waals surface area (Å²) in [6, 6.07) is 9.21. The van der Waals surface area contributed by atoms with Gasteiger partial charge >= 0.3 is 6.09 Å². The van der Waals surface area contributed by atoms with Crippen LogP contribution in [0.1, 0.15) is 38.7 Å². The fourth-order valence-electron chi connectivity index (χ4n) is 2.62. The van der Waals surface area contributed by atoms with Crippen molar-refractivity contribution >= 4 is 12.4 Å². The predicted molar refractivity (Wildman–Crippen MR) is 85.3 cm³/mol. The third-order valence-electron chi connectivity index (χ3n) is 4.31. The number of carbonyl (C=O) groups excluding carboxylic acids is 2. The molecule has 1 aromatic rings. The highest BCUT2D eigenvalue weighted by Crippen LogP contribution is 2.34. The Kier molecular flexibility index (Phi) is 5.36. The van der Waals surface area contributed by atoms with Crippen molar-refractivity contribution in [2.75, 3.05) is 0 Å². The van der Waals surface area contributed by atoms with Crippen molar-refractivity contribution in [3.8, 4) is 0 Å². The van der Waals surface area contributed by atoms with Gasteiger partial charge in [0.1, 0.15) is 12.9 Å². The van der Waals surface area contributed by atoms with E-state index >= 15 is 0 Å². The van der Waals surface area contributed by atoms with Crippen molar-refractivity contribution in [1.82, 2.24) is 5.32 Å². The van der Waals surface area contributed by atoms with Crippen LogP contribution < -0.4 is 5.32 Å². The smallest absolute Gasteiger partial charge is 0.407 e. The number of ether oxygens (including phenoxy) is 1. The summed E-state index contributed by atoms with van der Waals surface area (Å²) in [5, 5.41) is 2.83. The first-order valence-electron chi connectivity index (χ1n) is 7.70. The second-order valence-electron chi connectivity index (χ2n) is 5.99. The van der Waals surface area contributed by atoms with Gasteiger partial charge in [-0.1, -0.05) is 55.8 Å². The number of amides is 1. The second kappa shape index (κ2) is 7.25. The lowest BCUT2D eigenvalue weighted by Crippen LogP contribution is -2.48. The Morgan fingerprint density at radius 2 is 2.14 bits per heavy atom. The Bertz CT molecular complexity index is 553. The minimum absolute atomic E-state index is 0.224. The molecule has 0 saturated carbocycles. The molecule has 0 fully saturated rings. The molecule has 1 aliphatic carbocycles. The molecular formula is C18H23NO3. The number of rotatable bonds is 5. The number of hydrogen-bond donors (Lipinski definition) is 1. The maximum atomic E-state index is 12.0. The van der Waals surface area contributed by atoms with E-state index < -0.39 is 11.5 Å². The molecule has 2 rings (SSSR count). The molecule has 1 aromatic carbocycles. The Morgan fingerprint density at radius 3 is 2.77 bits per heavy atom. The van der Waals surface area contributed by atoms with Crippen LogP contribution in [0.4, 0.5) is 4.79 Å². The lowest BCUT2D eigenvalue weighted by atomic mass is 9.73. The zero-order valence-electron chi connectivity index (χ0n) is 13.2. The van der Waals surface area contributed by atoms with Crippen LogP contribution in [0.25, 0.3) is 0 Å². The van der Waals surface area contributed by atoms with Crippen LogP contribution in [-0.4, -0.2) is 18.4 Å². The lowest BCUT2D eigenvalue weighted by Gasteiger charge is -2.35. The van der Waals surface area contributed by atoms with Crippen molar-refractivity contribution in [3.63, 3.8) is 0 Å². The molecule has 1 amide bonds. The van der Waals surface area contributed by atoms with Crippen molar-refractivity contribution in [3.05, 3.63) is 47.5 Å². The maximum absolute atomic E-state index is 12.0. The van der Waals surface area contributed by atoms with Crippen molar-refractivity contribution < 1.29 is 14.3 Å². The first-order valence-corrected chi connectivity index (χ1v) is 7.70. The quantitative estimate of drug-likeness (QED) is 0.667. The summed E-state index contributed by atoms with van der Waals surface area (Å²) < 4.78 is 5.24. The zero-order chi connectivity index (χ0) is 16.0. The monoisotopic (exact) mass is 301 g/mol. The van der Waals surface area contributed by atoms with Gasteiger partial charge in [0.05, 0.1) is 6.04 Å². The van der Waals surface area contributed by atoms with E-state index in [4.69, 9.17) is 4.74 Å². The highest BCUT2D eigenvalue weighted by Gasteiger charge is 2.37. The van der Waals surface area contributed by atoms with Gasteiger partial charge in [-0.15, -0.1) is 0 Å². The highest BCUT2D eigenvalue weighted by molar-refractivity contribution is 5.71. The van der Waals surface area contributed by atoms with E-state index in [0.29, 0.717) is 0 Å². The van der Waals surface area contributed by atoms with Crippen LogP contribution >= 0.6 is 0 Å². The average molecular weight is 301 g/mol. The van der Waals surface area contributed by atoms with E-state index in [9.17, 15) is 9.59 Å². The van der Waals surface area contributed by atoms with Crippen molar-refractivity contribution in [2.45, 2.75) is 45.8 Å². The molecule has 0 spiro atoms. The van der Waals surface area contributed by atoms with Gasteiger partial charge in [-0.3, -0.25) is 0 Å². The summed E-state index contributed by atoms with van der Waals surface area (Å²) in [7, 11) is 0. The van der Waals surface area contributed by atoms with Gasteiger partial charge in [-0.05, 0) is 24.8 Å². The van der Waals surface area contributed by atoms with Gasteiger partial charge in [0, 0.05) is 5.41 Å². The summed E-state index contributed by atoms with van der Waals surface area (Å²) in [6.45, 7) is 4.19. The van der Waals surface area contributed by atoms with Gasteiger partial charge in [0.15, 0.2) is 0 Å². The molecule has 0 saturated heterocycles. The molecule has 22 heavy (non-hydrogen) atoms. The van der Waals surface area contributed by atoms with Crippen LogP contribution in [0.15, 0.2) is 42.0 Å². The Balaban J connectivity index is 1.97.